The molecule has 0 aliphatic carbocycles. The molecule has 0 saturated heterocycles. The lowest BCUT2D eigenvalue weighted by atomic mass is 10.1. The molecule has 2 aromatic carbocycles. The molecule has 7 heteroatoms. The second-order valence-corrected chi connectivity index (χ2v) is 5.66. The molecule has 0 unspecified atom stereocenters. The third-order valence-corrected chi connectivity index (χ3v) is 3.87. The molecule has 138 valence electrons. The number of amides is 2. The van der Waals surface area contributed by atoms with E-state index in [4.69, 9.17) is 9.47 Å². The van der Waals surface area contributed by atoms with Crippen LogP contribution in [0.3, 0.4) is 0 Å². The average Bonchev–Trinajstić information content (AvgIpc) is 2.72. The minimum absolute atomic E-state index is 0.279. The molecular weight excluding hydrogens is 344 g/mol. The first-order valence-electron chi connectivity index (χ1n) is 8.32. The van der Waals surface area contributed by atoms with Crippen LogP contribution in [0.15, 0.2) is 60.9 Å². The fraction of sp³-hybridized carbons (Fsp3) is 0.150. The number of nitrogens with zero attached hydrogens (tertiary/aromatic N) is 2. The molecule has 1 heterocycles. The maximum Gasteiger partial charge on any atom is 0.319 e. The summed E-state index contributed by atoms with van der Waals surface area (Å²) < 4.78 is 10.3. The Hall–Kier alpha value is -3.61. The molecule has 1 aromatic heterocycles. The highest BCUT2D eigenvalue weighted by Crippen LogP contribution is 2.20. The smallest absolute Gasteiger partial charge is 0.319 e. The van der Waals surface area contributed by atoms with Crippen LogP contribution in [0, 0.1) is 0 Å². The fourth-order valence-corrected chi connectivity index (χ4v) is 2.46. The van der Waals surface area contributed by atoms with Crippen LogP contribution in [0.5, 0.6) is 11.5 Å². The maximum atomic E-state index is 12.1. The largest absolute Gasteiger partial charge is 0.497 e. The van der Waals surface area contributed by atoms with Gasteiger partial charge < -0.3 is 20.1 Å². The van der Waals surface area contributed by atoms with Gasteiger partial charge >= 0.3 is 6.03 Å². The van der Waals surface area contributed by atoms with Gasteiger partial charge in [0.25, 0.3) is 0 Å². The fourth-order valence-electron chi connectivity index (χ4n) is 2.46. The molecule has 7 nitrogen and oxygen atoms in total. The van der Waals surface area contributed by atoms with Crippen molar-refractivity contribution in [3.63, 3.8) is 0 Å². The summed E-state index contributed by atoms with van der Waals surface area (Å²) in [7, 11) is 3.20. The topological polar surface area (TPSA) is 85.4 Å². The zero-order valence-corrected chi connectivity index (χ0v) is 15.1. The number of hydrogen-bond acceptors (Lipinski definition) is 5. The number of methoxy groups -OCH3 is 2. The third kappa shape index (κ3) is 4.94. The van der Waals surface area contributed by atoms with Gasteiger partial charge in [-0.3, -0.25) is 0 Å². The minimum atomic E-state index is -0.326. The summed E-state index contributed by atoms with van der Waals surface area (Å²) in [6.45, 7) is 0.279. The molecule has 2 amide bonds. The first kappa shape index (κ1) is 18.2. The van der Waals surface area contributed by atoms with E-state index < -0.39 is 0 Å². The molecule has 0 atom stereocenters. The second-order valence-electron chi connectivity index (χ2n) is 5.66. The van der Waals surface area contributed by atoms with Crippen molar-refractivity contribution >= 4 is 11.7 Å². The number of urea groups is 1. The van der Waals surface area contributed by atoms with E-state index in [-0.39, 0.29) is 12.6 Å². The highest BCUT2D eigenvalue weighted by Gasteiger charge is 2.06. The van der Waals surface area contributed by atoms with E-state index in [0.717, 1.165) is 17.0 Å². The van der Waals surface area contributed by atoms with E-state index in [1.54, 1.807) is 32.4 Å². The summed E-state index contributed by atoms with van der Waals surface area (Å²) in [4.78, 5) is 20.6. The average molecular weight is 364 g/mol. The summed E-state index contributed by atoms with van der Waals surface area (Å²) >= 11 is 0. The number of aromatic nitrogens is 2. The van der Waals surface area contributed by atoms with Gasteiger partial charge in [-0.2, -0.15) is 0 Å². The van der Waals surface area contributed by atoms with Gasteiger partial charge in [0.1, 0.15) is 17.8 Å². The maximum absolute atomic E-state index is 12.1. The number of carbonyl (C=O) groups excluding carboxylic acids is 1. The number of benzene rings is 2. The summed E-state index contributed by atoms with van der Waals surface area (Å²) in [5.41, 5.74) is 3.07. The van der Waals surface area contributed by atoms with Gasteiger partial charge in [-0.05, 0) is 42.5 Å². The van der Waals surface area contributed by atoms with E-state index in [1.165, 1.54) is 6.33 Å². The Bertz CT molecular complexity index is 913. The molecule has 0 aliphatic rings. The van der Waals surface area contributed by atoms with E-state index >= 15 is 0 Å². The molecule has 2 N–H and O–H groups in total. The Labute approximate surface area is 157 Å². The van der Waals surface area contributed by atoms with Gasteiger partial charge in [-0.1, -0.05) is 6.07 Å². The minimum Gasteiger partial charge on any atom is -0.497 e. The SMILES string of the molecule is COc1ccc(-c2cc(CNC(=O)Nc3cccc(OC)c3)ncn2)cc1. The molecule has 0 saturated carbocycles. The van der Waals surface area contributed by atoms with Gasteiger partial charge in [0.15, 0.2) is 0 Å². The quantitative estimate of drug-likeness (QED) is 0.699. The van der Waals surface area contributed by atoms with Crippen LogP contribution in [0.2, 0.25) is 0 Å². The predicted molar refractivity (Wildman–Crippen MR) is 103 cm³/mol. The molecule has 0 radical (unpaired) electrons. The molecular formula is C20H20N4O3. The Morgan fingerprint density at radius 2 is 1.74 bits per heavy atom. The molecule has 0 spiro atoms. The number of carbonyl (C=O) groups is 1. The lowest BCUT2D eigenvalue weighted by molar-refractivity contribution is 0.251. The molecule has 0 fully saturated rings. The standard InChI is InChI=1S/C20H20N4O3/c1-26-17-8-6-14(7-9-17)19-11-16(22-13-23-19)12-21-20(25)24-15-4-3-5-18(10-15)27-2/h3-11,13H,12H2,1-2H3,(H2,21,24,25). The summed E-state index contributed by atoms with van der Waals surface area (Å²) in [5, 5.41) is 5.54. The van der Waals surface area contributed by atoms with Crippen LogP contribution < -0.4 is 20.1 Å². The molecule has 3 aromatic rings. The van der Waals surface area contributed by atoms with E-state index in [9.17, 15) is 4.79 Å². The van der Waals surface area contributed by atoms with Crippen molar-refractivity contribution in [3.8, 4) is 22.8 Å². The van der Waals surface area contributed by atoms with Crippen molar-refractivity contribution in [2.75, 3.05) is 19.5 Å². The van der Waals surface area contributed by atoms with Crippen LogP contribution in [0.4, 0.5) is 10.5 Å². The lowest BCUT2D eigenvalue weighted by Crippen LogP contribution is -2.28. The third-order valence-electron chi connectivity index (χ3n) is 3.87. The van der Waals surface area contributed by atoms with Crippen molar-refractivity contribution in [1.29, 1.82) is 0 Å². The highest BCUT2D eigenvalue weighted by molar-refractivity contribution is 5.89. The van der Waals surface area contributed by atoms with Gasteiger partial charge in [0.2, 0.25) is 0 Å². The normalized spacial score (nSPS) is 10.1. The number of rotatable bonds is 6. The van der Waals surface area contributed by atoms with Crippen molar-refractivity contribution in [3.05, 3.63) is 66.6 Å². The Balaban J connectivity index is 1.61. The zero-order chi connectivity index (χ0) is 19.1. The number of nitrogens with one attached hydrogen (secondary N) is 2. The van der Waals surface area contributed by atoms with Gasteiger partial charge in [0.05, 0.1) is 32.2 Å². The highest BCUT2D eigenvalue weighted by atomic mass is 16.5. The summed E-state index contributed by atoms with van der Waals surface area (Å²) in [6.07, 6.45) is 1.48. The number of ether oxygens (including phenoxy) is 2. The van der Waals surface area contributed by atoms with E-state index in [0.29, 0.717) is 17.1 Å². The lowest BCUT2D eigenvalue weighted by Gasteiger charge is -2.09. The number of anilines is 1. The molecule has 0 bridgehead atoms. The number of hydrogen-bond donors (Lipinski definition) is 2. The second kappa shape index (κ2) is 8.66. The monoisotopic (exact) mass is 364 g/mol. The van der Waals surface area contributed by atoms with Gasteiger partial charge in [-0.15, -0.1) is 0 Å². The molecule has 3 rings (SSSR count). The van der Waals surface area contributed by atoms with Crippen molar-refractivity contribution < 1.29 is 14.3 Å². The summed E-state index contributed by atoms with van der Waals surface area (Å²) in [5.74, 6) is 1.46. The Morgan fingerprint density at radius 3 is 2.48 bits per heavy atom. The Kier molecular flexibility index (Phi) is 5.84. The Morgan fingerprint density at radius 1 is 0.963 bits per heavy atom. The van der Waals surface area contributed by atoms with Crippen LogP contribution in [-0.4, -0.2) is 30.2 Å². The molecule has 0 aliphatic heterocycles. The van der Waals surface area contributed by atoms with E-state index in [1.807, 2.05) is 36.4 Å². The zero-order valence-electron chi connectivity index (χ0n) is 15.1. The molecule has 27 heavy (non-hydrogen) atoms. The van der Waals surface area contributed by atoms with Crippen molar-refractivity contribution in [1.82, 2.24) is 15.3 Å². The van der Waals surface area contributed by atoms with Gasteiger partial charge in [0, 0.05) is 17.3 Å². The van der Waals surface area contributed by atoms with Crippen LogP contribution >= 0.6 is 0 Å². The van der Waals surface area contributed by atoms with Gasteiger partial charge in [-0.25, -0.2) is 14.8 Å². The van der Waals surface area contributed by atoms with Crippen LogP contribution in [0.25, 0.3) is 11.3 Å². The predicted octanol–water partition coefficient (Wildman–Crippen LogP) is 3.48. The summed E-state index contributed by atoms with van der Waals surface area (Å²) in [6, 6.07) is 16.3. The first-order chi connectivity index (χ1) is 13.2. The first-order valence-corrected chi connectivity index (χ1v) is 8.32. The van der Waals surface area contributed by atoms with Crippen molar-refractivity contribution in [2.45, 2.75) is 6.54 Å². The van der Waals surface area contributed by atoms with Crippen LogP contribution in [-0.2, 0) is 6.54 Å². The van der Waals surface area contributed by atoms with E-state index in [2.05, 4.69) is 20.6 Å². The van der Waals surface area contributed by atoms with Crippen LogP contribution in [0.1, 0.15) is 5.69 Å². The van der Waals surface area contributed by atoms with Crippen molar-refractivity contribution in [2.24, 2.45) is 0 Å².